The monoisotopic (exact) mass is 379 g/mol. The Bertz CT molecular complexity index is 1090. The Kier molecular flexibility index (Phi) is 4.65. The van der Waals surface area contributed by atoms with Gasteiger partial charge >= 0.3 is 0 Å². The molecule has 0 saturated heterocycles. The summed E-state index contributed by atoms with van der Waals surface area (Å²) in [5.41, 5.74) is 2.33. The van der Waals surface area contributed by atoms with Crippen molar-refractivity contribution in [3.63, 3.8) is 0 Å². The molecule has 4 aromatic rings. The Morgan fingerprint density at radius 2 is 1.92 bits per heavy atom. The normalized spacial score (nSPS) is 10.8. The third-order valence-electron chi connectivity index (χ3n) is 3.92. The Labute approximate surface area is 159 Å². The Morgan fingerprint density at radius 3 is 2.81 bits per heavy atom. The van der Waals surface area contributed by atoms with Gasteiger partial charge in [0, 0.05) is 34.1 Å². The number of pyridine rings is 1. The molecule has 128 valence electrons. The SMILES string of the molecule is O=C(Nc1ncc(Cc2cccc(Cl)c2)s1)c1cccc2cccnc12. The Morgan fingerprint density at radius 1 is 1.08 bits per heavy atom. The number of hydrogen-bond donors (Lipinski definition) is 1. The highest BCUT2D eigenvalue weighted by atomic mass is 35.5. The van der Waals surface area contributed by atoms with Crippen molar-refractivity contribution in [1.82, 2.24) is 9.97 Å². The van der Waals surface area contributed by atoms with Crippen LogP contribution in [-0.4, -0.2) is 15.9 Å². The Hall–Kier alpha value is -2.76. The predicted octanol–water partition coefficient (Wildman–Crippen LogP) is 5.19. The van der Waals surface area contributed by atoms with Crippen LogP contribution in [0.25, 0.3) is 10.9 Å². The molecule has 0 aliphatic carbocycles. The lowest BCUT2D eigenvalue weighted by Gasteiger charge is -2.05. The first-order chi connectivity index (χ1) is 12.7. The van der Waals surface area contributed by atoms with Crippen LogP contribution in [-0.2, 0) is 6.42 Å². The van der Waals surface area contributed by atoms with Crippen molar-refractivity contribution in [3.8, 4) is 0 Å². The number of rotatable bonds is 4. The molecule has 4 rings (SSSR count). The first kappa shape index (κ1) is 16.7. The number of anilines is 1. The number of hydrogen-bond acceptors (Lipinski definition) is 4. The van der Waals surface area contributed by atoms with Crippen LogP contribution in [0.15, 0.2) is 67.0 Å². The number of nitrogens with one attached hydrogen (secondary N) is 1. The molecule has 0 spiro atoms. The maximum atomic E-state index is 12.6. The van der Waals surface area contributed by atoms with E-state index in [9.17, 15) is 4.79 Å². The van der Waals surface area contributed by atoms with E-state index in [2.05, 4.69) is 15.3 Å². The fourth-order valence-electron chi connectivity index (χ4n) is 2.75. The lowest BCUT2D eigenvalue weighted by atomic mass is 10.1. The summed E-state index contributed by atoms with van der Waals surface area (Å²) in [5, 5.41) is 5.08. The molecule has 0 saturated carbocycles. The second-order valence-corrected chi connectivity index (χ2v) is 7.32. The molecule has 0 atom stereocenters. The van der Waals surface area contributed by atoms with Crippen molar-refractivity contribution in [2.45, 2.75) is 6.42 Å². The summed E-state index contributed by atoms with van der Waals surface area (Å²) in [4.78, 5) is 22.3. The summed E-state index contributed by atoms with van der Waals surface area (Å²) < 4.78 is 0. The minimum atomic E-state index is -0.210. The average Bonchev–Trinajstić information content (AvgIpc) is 3.08. The van der Waals surface area contributed by atoms with Gasteiger partial charge in [-0.25, -0.2) is 4.98 Å². The van der Waals surface area contributed by atoms with E-state index < -0.39 is 0 Å². The van der Waals surface area contributed by atoms with Gasteiger partial charge in [0.1, 0.15) is 0 Å². The number of thiazole rings is 1. The molecule has 2 aromatic heterocycles. The number of fused-ring (bicyclic) bond motifs is 1. The van der Waals surface area contributed by atoms with Crippen LogP contribution in [0.5, 0.6) is 0 Å². The minimum Gasteiger partial charge on any atom is -0.298 e. The number of aromatic nitrogens is 2. The van der Waals surface area contributed by atoms with E-state index in [1.807, 2.05) is 48.5 Å². The van der Waals surface area contributed by atoms with Crippen LogP contribution in [0.1, 0.15) is 20.8 Å². The first-order valence-electron chi connectivity index (χ1n) is 8.03. The zero-order chi connectivity index (χ0) is 17.9. The molecule has 2 heterocycles. The molecule has 0 unspecified atom stereocenters. The molecule has 4 nitrogen and oxygen atoms in total. The van der Waals surface area contributed by atoms with Gasteiger partial charge in [0.2, 0.25) is 0 Å². The van der Waals surface area contributed by atoms with Gasteiger partial charge in [-0.3, -0.25) is 15.1 Å². The van der Waals surface area contributed by atoms with Gasteiger partial charge in [0.05, 0.1) is 11.1 Å². The van der Waals surface area contributed by atoms with Crippen LogP contribution < -0.4 is 5.32 Å². The number of nitrogens with zero attached hydrogens (tertiary/aromatic N) is 2. The molecule has 0 aliphatic rings. The van der Waals surface area contributed by atoms with E-state index >= 15 is 0 Å². The van der Waals surface area contributed by atoms with Crippen molar-refractivity contribution in [2.24, 2.45) is 0 Å². The first-order valence-corrected chi connectivity index (χ1v) is 9.23. The maximum absolute atomic E-state index is 12.6. The molecule has 1 amide bonds. The lowest BCUT2D eigenvalue weighted by Crippen LogP contribution is -2.12. The summed E-state index contributed by atoms with van der Waals surface area (Å²) in [7, 11) is 0. The molecule has 0 fully saturated rings. The van der Waals surface area contributed by atoms with E-state index in [0.29, 0.717) is 21.2 Å². The Balaban J connectivity index is 1.52. The summed E-state index contributed by atoms with van der Waals surface area (Å²) in [5.74, 6) is -0.210. The van der Waals surface area contributed by atoms with Crippen molar-refractivity contribution in [3.05, 3.63) is 88.0 Å². The minimum absolute atomic E-state index is 0.210. The van der Waals surface area contributed by atoms with Crippen molar-refractivity contribution < 1.29 is 4.79 Å². The van der Waals surface area contributed by atoms with Crippen molar-refractivity contribution in [2.75, 3.05) is 5.32 Å². The second kappa shape index (κ2) is 7.23. The van der Waals surface area contributed by atoms with E-state index in [1.54, 1.807) is 18.5 Å². The molecule has 0 bridgehead atoms. The number of carbonyl (C=O) groups is 1. The van der Waals surface area contributed by atoms with Gasteiger partial charge < -0.3 is 0 Å². The van der Waals surface area contributed by atoms with Crippen LogP contribution in [0.3, 0.4) is 0 Å². The van der Waals surface area contributed by atoms with Gasteiger partial charge in [-0.1, -0.05) is 41.9 Å². The van der Waals surface area contributed by atoms with E-state index in [-0.39, 0.29) is 5.91 Å². The quantitative estimate of drug-likeness (QED) is 0.531. The maximum Gasteiger partial charge on any atom is 0.259 e. The number of halogens is 1. The topological polar surface area (TPSA) is 54.9 Å². The largest absolute Gasteiger partial charge is 0.298 e. The van der Waals surface area contributed by atoms with Crippen molar-refractivity contribution >= 4 is 44.9 Å². The molecular formula is C20H14ClN3OS. The van der Waals surface area contributed by atoms with Crippen LogP contribution in [0, 0.1) is 0 Å². The number of amides is 1. The van der Waals surface area contributed by atoms with E-state index in [1.165, 1.54) is 11.3 Å². The molecule has 6 heteroatoms. The van der Waals surface area contributed by atoms with Gasteiger partial charge in [0.25, 0.3) is 5.91 Å². The molecule has 0 radical (unpaired) electrons. The zero-order valence-corrected chi connectivity index (χ0v) is 15.2. The number of para-hydroxylation sites is 1. The van der Waals surface area contributed by atoms with Gasteiger partial charge in [0.15, 0.2) is 5.13 Å². The molecule has 2 aromatic carbocycles. The zero-order valence-electron chi connectivity index (χ0n) is 13.6. The number of benzene rings is 2. The van der Waals surface area contributed by atoms with Gasteiger partial charge in [-0.15, -0.1) is 11.3 Å². The smallest absolute Gasteiger partial charge is 0.259 e. The van der Waals surface area contributed by atoms with Crippen molar-refractivity contribution in [1.29, 1.82) is 0 Å². The highest BCUT2D eigenvalue weighted by molar-refractivity contribution is 7.15. The standard InChI is InChI=1S/C20H14ClN3OS/c21-15-7-1-4-13(10-15)11-16-12-23-20(26-16)24-19(25)17-8-2-5-14-6-3-9-22-18(14)17/h1-10,12H,11H2,(H,23,24,25). The summed E-state index contributed by atoms with van der Waals surface area (Å²) >= 11 is 7.48. The fourth-order valence-corrected chi connectivity index (χ4v) is 3.80. The summed E-state index contributed by atoms with van der Waals surface area (Å²) in [6.07, 6.45) is 4.19. The lowest BCUT2D eigenvalue weighted by molar-refractivity contribution is 0.102. The third-order valence-corrected chi connectivity index (χ3v) is 5.07. The molecular weight excluding hydrogens is 366 g/mol. The average molecular weight is 380 g/mol. The van der Waals surface area contributed by atoms with Gasteiger partial charge in [-0.2, -0.15) is 0 Å². The van der Waals surface area contributed by atoms with E-state index in [0.717, 1.165) is 22.2 Å². The molecule has 0 aliphatic heterocycles. The second-order valence-electron chi connectivity index (χ2n) is 5.77. The highest BCUT2D eigenvalue weighted by Crippen LogP contribution is 2.24. The van der Waals surface area contributed by atoms with Crippen LogP contribution in [0.4, 0.5) is 5.13 Å². The summed E-state index contributed by atoms with van der Waals surface area (Å²) in [6.45, 7) is 0. The van der Waals surface area contributed by atoms with Gasteiger partial charge in [-0.05, 0) is 29.8 Å². The van der Waals surface area contributed by atoms with E-state index in [4.69, 9.17) is 11.6 Å². The summed E-state index contributed by atoms with van der Waals surface area (Å²) in [6, 6.07) is 17.1. The van der Waals surface area contributed by atoms with Crippen LogP contribution >= 0.6 is 22.9 Å². The fraction of sp³-hybridized carbons (Fsp3) is 0.0500. The number of carbonyl (C=O) groups excluding carboxylic acids is 1. The van der Waals surface area contributed by atoms with Crippen LogP contribution in [0.2, 0.25) is 5.02 Å². The molecule has 1 N–H and O–H groups in total. The highest BCUT2D eigenvalue weighted by Gasteiger charge is 2.13. The molecule has 26 heavy (non-hydrogen) atoms. The third kappa shape index (κ3) is 3.59. The predicted molar refractivity (Wildman–Crippen MR) is 106 cm³/mol.